The molecule has 8 atom stereocenters. The number of amides is 7. The molecular weight excluding hydrogens is 758 g/mol. The van der Waals surface area contributed by atoms with Gasteiger partial charge in [-0.05, 0) is 51.4 Å². The third-order valence-electron chi connectivity index (χ3n) is 8.82. The molecule has 1 heterocycles. The van der Waals surface area contributed by atoms with Gasteiger partial charge in [0.05, 0.1) is 18.8 Å². The predicted molar refractivity (Wildman–Crippen MR) is 199 cm³/mol. The van der Waals surface area contributed by atoms with Crippen molar-refractivity contribution in [3.05, 3.63) is 0 Å². The van der Waals surface area contributed by atoms with E-state index in [-0.39, 0.29) is 51.2 Å². The zero-order chi connectivity index (χ0) is 43.6. The third kappa shape index (κ3) is 17.0. The van der Waals surface area contributed by atoms with Crippen molar-refractivity contribution in [1.82, 2.24) is 31.5 Å². The van der Waals surface area contributed by atoms with Gasteiger partial charge in [-0.25, -0.2) is 4.79 Å². The zero-order valence-electron chi connectivity index (χ0n) is 32.1. The molecule has 17 N–H and O–H groups in total. The van der Waals surface area contributed by atoms with Gasteiger partial charge in [-0.1, -0.05) is 13.8 Å². The van der Waals surface area contributed by atoms with E-state index in [1.165, 1.54) is 0 Å². The largest absolute Gasteiger partial charge is 0.481 e. The van der Waals surface area contributed by atoms with Crippen molar-refractivity contribution < 1.29 is 63.6 Å². The van der Waals surface area contributed by atoms with E-state index in [0.717, 1.165) is 11.8 Å². The third-order valence-corrected chi connectivity index (χ3v) is 8.82. The van der Waals surface area contributed by atoms with Crippen LogP contribution in [0.15, 0.2) is 4.99 Å². The van der Waals surface area contributed by atoms with E-state index < -0.39 is 127 Å². The molecule has 24 nitrogen and oxygen atoms in total. The highest BCUT2D eigenvalue weighted by atomic mass is 16.4. The standard InChI is InChI=1S/C33H57N11O13/c1-15(2)24(42-26(50)17(34)6-4-12-38-33(36)37)29(53)40-19(8-10-22(35)47)31(55)44-13-5-7-21(44)28(52)43-25(16(3)46)30(54)39-18(9-11-23(48)49)27(51)41-20(14-45)32(56)57/h15-21,24-25,45-46H,4-14,34H2,1-3H3,(H2,35,47)(H,39,54)(H,40,53)(H,41,51)(H,42,50)(H,43,52)(H,48,49)(H,56,57)(H4,36,37,38)/t16-,17+,18+,19+,20+,21+,24+,25+/m1/s1. The summed E-state index contributed by atoms with van der Waals surface area (Å²) >= 11 is 0. The number of rotatable bonds is 25. The molecular formula is C33H57N11O13. The van der Waals surface area contributed by atoms with Gasteiger partial charge in [-0.2, -0.15) is 0 Å². The average molecular weight is 816 g/mol. The quantitative estimate of drug-likeness (QED) is 0.0232. The van der Waals surface area contributed by atoms with Crippen molar-refractivity contribution in [2.75, 3.05) is 19.7 Å². The van der Waals surface area contributed by atoms with Gasteiger partial charge in [0.15, 0.2) is 5.96 Å². The number of aliphatic hydroxyl groups excluding tert-OH is 2. The van der Waals surface area contributed by atoms with E-state index in [1.54, 1.807) is 13.8 Å². The van der Waals surface area contributed by atoms with Crippen LogP contribution < -0.4 is 49.5 Å². The maximum absolute atomic E-state index is 14.0. The molecule has 0 unspecified atom stereocenters. The average Bonchev–Trinajstić information content (AvgIpc) is 3.62. The molecule has 1 aliphatic heterocycles. The summed E-state index contributed by atoms with van der Waals surface area (Å²) in [6.45, 7) is 3.58. The van der Waals surface area contributed by atoms with Gasteiger partial charge in [0.1, 0.15) is 36.3 Å². The van der Waals surface area contributed by atoms with Gasteiger partial charge in [0.25, 0.3) is 0 Å². The summed E-state index contributed by atoms with van der Waals surface area (Å²) in [6.07, 6.45) is -2.56. The van der Waals surface area contributed by atoms with Crippen molar-refractivity contribution in [2.45, 2.75) is 121 Å². The van der Waals surface area contributed by atoms with Crippen molar-refractivity contribution >= 4 is 59.2 Å². The second kappa shape index (κ2) is 24.1. The highest BCUT2D eigenvalue weighted by molar-refractivity contribution is 5.97. The number of nitrogens with two attached hydrogens (primary N) is 4. The summed E-state index contributed by atoms with van der Waals surface area (Å²) in [5.41, 5.74) is 21.9. The van der Waals surface area contributed by atoms with Gasteiger partial charge in [0, 0.05) is 25.9 Å². The number of likely N-dealkylation sites (tertiary alicyclic amines) is 1. The molecule has 7 amide bonds. The lowest BCUT2D eigenvalue weighted by Crippen LogP contribution is -2.61. The number of hydrogen-bond acceptors (Lipinski definition) is 13. The summed E-state index contributed by atoms with van der Waals surface area (Å²) in [5, 5.41) is 49.6. The van der Waals surface area contributed by atoms with Crippen molar-refractivity contribution in [3.8, 4) is 0 Å². The van der Waals surface area contributed by atoms with Gasteiger partial charge in [-0.15, -0.1) is 0 Å². The van der Waals surface area contributed by atoms with Crippen molar-refractivity contribution in [1.29, 1.82) is 0 Å². The molecule has 0 radical (unpaired) electrons. The van der Waals surface area contributed by atoms with Crippen LogP contribution in [0.4, 0.5) is 0 Å². The summed E-state index contributed by atoms with van der Waals surface area (Å²) < 4.78 is 0. The summed E-state index contributed by atoms with van der Waals surface area (Å²) in [6, 6.07) is -10.1. The van der Waals surface area contributed by atoms with Crippen LogP contribution in [0.5, 0.6) is 0 Å². The number of primary amides is 1. The molecule has 1 aliphatic rings. The first kappa shape index (κ1) is 49.4. The van der Waals surface area contributed by atoms with Crippen LogP contribution >= 0.6 is 0 Å². The van der Waals surface area contributed by atoms with E-state index in [2.05, 4.69) is 26.3 Å². The van der Waals surface area contributed by atoms with Crippen molar-refractivity contribution in [2.24, 2.45) is 33.8 Å². The SMILES string of the molecule is CC(C)[C@H](NC(=O)[C@@H](N)CCCN=C(N)N)C(=O)N[C@@H](CCC(N)=O)C(=O)N1CCC[C@H]1C(=O)N[C@H](C(=O)N[C@@H](CCC(=O)O)C(=O)N[C@@H](CO)C(=O)O)[C@@H](C)O. The number of guanidine groups is 1. The zero-order valence-corrected chi connectivity index (χ0v) is 32.1. The maximum Gasteiger partial charge on any atom is 0.328 e. The van der Waals surface area contributed by atoms with E-state index in [1.807, 2.05) is 5.32 Å². The topological polar surface area (TPSA) is 414 Å². The van der Waals surface area contributed by atoms with E-state index >= 15 is 0 Å². The second-order valence-corrected chi connectivity index (χ2v) is 13.8. The molecule has 1 rings (SSSR count). The molecule has 0 bridgehead atoms. The molecule has 1 fully saturated rings. The smallest absolute Gasteiger partial charge is 0.328 e. The van der Waals surface area contributed by atoms with E-state index in [9.17, 15) is 53.4 Å². The van der Waals surface area contributed by atoms with Crippen LogP contribution in [-0.4, -0.2) is 153 Å². The highest BCUT2D eigenvalue weighted by Crippen LogP contribution is 2.21. The lowest BCUT2D eigenvalue weighted by molar-refractivity contribution is -0.144. The normalized spacial score (nSPS) is 17.4. The molecule has 0 saturated carbocycles. The number of carbonyl (C=O) groups is 9. The number of aliphatic imine (C=N–C) groups is 1. The first-order valence-corrected chi connectivity index (χ1v) is 18.3. The Morgan fingerprint density at radius 2 is 1.33 bits per heavy atom. The Balaban J connectivity index is 3.21. The van der Waals surface area contributed by atoms with Crippen molar-refractivity contribution in [3.63, 3.8) is 0 Å². The van der Waals surface area contributed by atoms with E-state index in [0.29, 0.717) is 6.42 Å². The Labute approximate surface area is 328 Å². The number of nitrogens with zero attached hydrogens (tertiary/aromatic N) is 2. The number of hydrogen-bond donors (Lipinski definition) is 13. The number of aliphatic hydroxyl groups is 2. The second-order valence-electron chi connectivity index (χ2n) is 13.8. The Hall–Kier alpha value is -5.62. The van der Waals surface area contributed by atoms with Crippen LogP contribution in [-0.2, 0) is 43.2 Å². The summed E-state index contributed by atoms with van der Waals surface area (Å²) in [5.74, 6) is -9.93. The molecule has 0 spiro atoms. The Morgan fingerprint density at radius 1 is 0.754 bits per heavy atom. The fraction of sp³-hybridized carbons (Fsp3) is 0.697. The van der Waals surface area contributed by atoms with E-state index in [4.69, 9.17) is 33.1 Å². The molecule has 322 valence electrons. The molecule has 0 aliphatic carbocycles. The number of aliphatic carboxylic acids is 2. The lowest BCUT2D eigenvalue weighted by Gasteiger charge is -2.31. The highest BCUT2D eigenvalue weighted by Gasteiger charge is 2.41. The first-order chi connectivity index (χ1) is 26.6. The Morgan fingerprint density at radius 3 is 1.86 bits per heavy atom. The van der Waals surface area contributed by atoms with Gasteiger partial charge < -0.3 is 74.8 Å². The van der Waals surface area contributed by atoms with Crippen LogP contribution in [0.1, 0.15) is 72.1 Å². The van der Waals surface area contributed by atoms with Crippen LogP contribution in [0.3, 0.4) is 0 Å². The number of nitrogens with one attached hydrogen (secondary N) is 5. The lowest BCUT2D eigenvalue weighted by atomic mass is 10.0. The molecule has 24 heteroatoms. The monoisotopic (exact) mass is 815 g/mol. The maximum atomic E-state index is 14.0. The predicted octanol–water partition coefficient (Wildman–Crippen LogP) is -5.97. The van der Waals surface area contributed by atoms with Gasteiger partial charge in [0.2, 0.25) is 41.4 Å². The minimum absolute atomic E-state index is 0.00249. The Bertz CT molecular complexity index is 1490. The number of carbonyl (C=O) groups excluding carboxylic acids is 7. The number of carboxylic acids is 2. The van der Waals surface area contributed by atoms with Crippen LogP contribution in [0.2, 0.25) is 0 Å². The minimum atomic E-state index is -1.79. The summed E-state index contributed by atoms with van der Waals surface area (Å²) in [7, 11) is 0. The van der Waals surface area contributed by atoms with Crippen LogP contribution in [0.25, 0.3) is 0 Å². The fourth-order valence-corrected chi connectivity index (χ4v) is 5.67. The van der Waals surface area contributed by atoms with Gasteiger partial charge >= 0.3 is 11.9 Å². The molecule has 0 aromatic rings. The summed E-state index contributed by atoms with van der Waals surface area (Å²) in [4.78, 5) is 119. The molecule has 1 saturated heterocycles. The number of carboxylic acid groups (broad SMARTS) is 2. The fourth-order valence-electron chi connectivity index (χ4n) is 5.67. The minimum Gasteiger partial charge on any atom is -0.481 e. The van der Waals surface area contributed by atoms with Gasteiger partial charge in [-0.3, -0.25) is 43.3 Å². The molecule has 57 heavy (non-hydrogen) atoms. The first-order valence-electron chi connectivity index (χ1n) is 18.3. The molecule has 0 aromatic carbocycles. The van der Waals surface area contributed by atoms with Crippen LogP contribution in [0, 0.1) is 5.92 Å². The Kier molecular flexibility index (Phi) is 20.9. The molecule has 0 aromatic heterocycles.